The van der Waals surface area contributed by atoms with Crippen LogP contribution in [-0.4, -0.2) is 48.8 Å². The molecule has 2 unspecified atom stereocenters. The third kappa shape index (κ3) is 4.96. The maximum absolute atomic E-state index is 9.26. The van der Waals surface area contributed by atoms with E-state index < -0.39 is 0 Å². The Morgan fingerprint density at radius 2 is 2.33 bits per heavy atom. The predicted octanol–water partition coefficient (Wildman–Crippen LogP) is 1.08. The van der Waals surface area contributed by atoms with E-state index in [1.807, 2.05) is 0 Å². The molecule has 0 spiro atoms. The Morgan fingerprint density at radius 1 is 1.53 bits per heavy atom. The average Bonchev–Trinajstić information content (AvgIpc) is 2.24. The predicted molar refractivity (Wildman–Crippen MR) is 64.0 cm³/mol. The lowest BCUT2D eigenvalue weighted by Gasteiger charge is -2.33. The summed E-state index contributed by atoms with van der Waals surface area (Å²) >= 11 is 0. The number of nitrogens with one attached hydrogen (secondary N) is 1. The van der Waals surface area contributed by atoms with Gasteiger partial charge in [-0.05, 0) is 38.3 Å². The van der Waals surface area contributed by atoms with Gasteiger partial charge in [-0.2, -0.15) is 0 Å². The Hall–Kier alpha value is -0.120. The molecule has 0 amide bonds. The fourth-order valence-electron chi connectivity index (χ4n) is 2.30. The second-order valence-electron chi connectivity index (χ2n) is 4.84. The van der Waals surface area contributed by atoms with Crippen LogP contribution in [0, 0.1) is 5.92 Å². The summed E-state index contributed by atoms with van der Waals surface area (Å²) in [6.45, 7) is 9.14. The van der Waals surface area contributed by atoms with E-state index in [-0.39, 0.29) is 12.6 Å². The zero-order chi connectivity index (χ0) is 11.1. The number of hydrogen-bond donors (Lipinski definition) is 2. The van der Waals surface area contributed by atoms with E-state index in [9.17, 15) is 5.11 Å². The van der Waals surface area contributed by atoms with E-state index in [0.717, 1.165) is 25.4 Å². The van der Waals surface area contributed by atoms with E-state index in [1.165, 1.54) is 25.9 Å². The number of aliphatic hydroxyl groups is 1. The summed E-state index contributed by atoms with van der Waals surface area (Å²) in [7, 11) is 0. The molecule has 0 aromatic rings. The van der Waals surface area contributed by atoms with Crippen molar-refractivity contribution in [1.29, 1.82) is 0 Å². The lowest BCUT2D eigenvalue weighted by Crippen LogP contribution is -2.46. The summed E-state index contributed by atoms with van der Waals surface area (Å²) in [5.74, 6) is 0.823. The molecule has 3 nitrogen and oxygen atoms in total. The number of rotatable bonds is 6. The second-order valence-corrected chi connectivity index (χ2v) is 4.84. The molecule has 3 heteroatoms. The van der Waals surface area contributed by atoms with Gasteiger partial charge in [-0.25, -0.2) is 0 Å². The normalized spacial score (nSPS) is 25.4. The molecular formula is C12H26N2O. The van der Waals surface area contributed by atoms with Crippen molar-refractivity contribution in [1.82, 2.24) is 10.2 Å². The zero-order valence-corrected chi connectivity index (χ0v) is 10.2. The minimum absolute atomic E-state index is 0.255. The van der Waals surface area contributed by atoms with Crippen LogP contribution in [0.5, 0.6) is 0 Å². The Morgan fingerprint density at radius 3 is 2.93 bits per heavy atom. The summed E-state index contributed by atoms with van der Waals surface area (Å²) in [6, 6.07) is 0.259. The van der Waals surface area contributed by atoms with Crippen LogP contribution >= 0.6 is 0 Å². The monoisotopic (exact) mass is 214 g/mol. The van der Waals surface area contributed by atoms with Crippen molar-refractivity contribution in [3.8, 4) is 0 Å². The molecule has 2 atom stereocenters. The van der Waals surface area contributed by atoms with Crippen molar-refractivity contribution in [2.75, 3.05) is 32.8 Å². The molecule has 0 aromatic heterocycles. The summed E-state index contributed by atoms with van der Waals surface area (Å²) in [5, 5.41) is 12.6. The van der Waals surface area contributed by atoms with Crippen LogP contribution < -0.4 is 5.32 Å². The lowest BCUT2D eigenvalue weighted by atomic mass is 10.00. The van der Waals surface area contributed by atoms with Crippen LogP contribution in [0.1, 0.15) is 33.1 Å². The molecule has 0 radical (unpaired) electrons. The van der Waals surface area contributed by atoms with Gasteiger partial charge in [0.15, 0.2) is 0 Å². The second kappa shape index (κ2) is 7.20. The molecule has 1 saturated heterocycles. The number of hydrogen-bond acceptors (Lipinski definition) is 3. The number of likely N-dealkylation sites (tertiary alicyclic amines) is 1. The van der Waals surface area contributed by atoms with Gasteiger partial charge in [0.1, 0.15) is 0 Å². The Bertz CT molecular complexity index is 164. The van der Waals surface area contributed by atoms with Crippen molar-refractivity contribution in [3.05, 3.63) is 0 Å². The van der Waals surface area contributed by atoms with E-state index in [0.29, 0.717) is 0 Å². The van der Waals surface area contributed by atoms with Crippen molar-refractivity contribution in [2.45, 2.75) is 39.2 Å². The molecule has 1 aliphatic rings. The van der Waals surface area contributed by atoms with Gasteiger partial charge >= 0.3 is 0 Å². The minimum atomic E-state index is 0.255. The third-order valence-electron chi connectivity index (χ3n) is 3.12. The summed E-state index contributed by atoms with van der Waals surface area (Å²) in [4.78, 5) is 2.48. The number of aliphatic hydroxyl groups excluding tert-OH is 1. The topological polar surface area (TPSA) is 35.5 Å². The summed E-state index contributed by atoms with van der Waals surface area (Å²) in [5.41, 5.74) is 0. The van der Waals surface area contributed by atoms with Gasteiger partial charge in [-0.3, -0.25) is 0 Å². The van der Waals surface area contributed by atoms with Crippen LogP contribution in [0.4, 0.5) is 0 Å². The molecule has 0 aliphatic carbocycles. The summed E-state index contributed by atoms with van der Waals surface area (Å²) < 4.78 is 0. The Kier molecular flexibility index (Phi) is 6.22. The Balaban J connectivity index is 2.24. The fourth-order valence-corrected chi connectivity index (χ4v) is 2.30. The highest BCUT2D eigenvalue weighted by Crippen LogP contribution is 2.15. The van der Waals surface area contributed by atoms with Gasteiger partial charge in [0.25, 0.3) is 0 Å². The fraction of sp³-hybridized carbons (Fsp3) is 1.00. The lowest BCUT2D eigenvalue weighted by molar-refractivity contribution is 0.140. The van der Waals surface area contributed by atoms with E-state index in [1.54, 1.807) is 0 Å². The first-order valence-electron chi connectivity index (χ1n) is 6.32. The molecular weight excluding hydrogens is 188 g/mol. The molecule has 0 bridgehead atoms. The first-order chi connectivity index (χ1) is 7.26. The molecule has 90 valence electrons. The molecule has 1 rings (SSSR count). The van der Waals surface area contributed by atoms with E-state index >= 15 is 0 Å². The van der Waals surface area contributed by atoms with Crippen LogP contribution in [0.3, 0.4) is 0 Å². The van der Waals surface area contributed by atoms with Crippen LogP contribution in [0.2, 0.25) is 0 Å². The van der Waals surface area contributed by atoms with Crippen molar-refractivity contribution < 1.29 is 5.11 Å². The molecule has 15 heavy (non-hydrogen) atoms. The summed E-state index contributed by atoms with van der Waals surface area (Å²) in [6.07, 6.45) is 3.81. The maximum atomic E-state index is 9.26. The van der Waals surface area contributed by atoms with Crippen LogP contribution in [0.25, 0.3) is 0 Å². The van der Waals surface area contributed by atoms with Gasteiger partial charge in [0.05, 0.1) is 6.61 Å². The maximum Gasteiger partial charge on any atom is 0.0597 e. The largest absolute Gasteiger partial charge is 0.395 e. The smallest absolute Gasteiger partial charge is 0.0597 e. The van der Waals surface area contributed by atoms with E-state index in [4.69, 9.17) is 0 Å². The number of nitrogens with zero attached hydrogens (tertiary/aromatic N) is 1. The highest BCUT2D eigenvalue weighted by Gasteiger charge is 2.18. The number of piperidine rings is 1. The van der Waals surface area contributed by atoms with Crippen LogP contribution in [-0.2, 0) is 0 Å². The molecule has 0 saturated carbocycles. The first-order valence-corrected chi connectivity index (χ1v) is 6.32. The highest BCUT2D eigenvalue weighted by atomic mass is 16.3. The molecule has 1 aliphatic heterocycles. The molecule has 2 N–H and O–H groups in total. The van der Waals surface area contributed by atoms with Crippen molar-refractivity contribution in [3.63, 3.8) is 0 Å². The molecule has 1 heterocycles. The third-order valence-corrected chi connectivity index (χ3v) is 3.12. The quantitative estimate of drug-likeness (QED) is 0.694. The zero-order valence-electron chi connectivity index (χ0n) is 10.2. The first kappa shape index (κ1) is 12.9. The van der Waals surface area contributed by atoms with Crippen LogP contribution in [0.15, 0.2) is 0 Å². The van der Waals surface area contributed by atoms with Crippen molar-refractivity contribution >= 4 is 0 Å². The van der Waals surface area contributed by atoms with Gasteiger partial charge in [0.2, 0.25) is 0 Å². The molecule has 1 fully saturated rings. The van der Waals surface area contributed by atoms with Gasteiger partial charge in [0, 0.05) is 19.1 Å². The average molecular weight is 214 g/mol. The van der Waals surface area contributed by atoms with Crippen molar-refractivity contribution in [2.24, 2.45) is 5.92 Å². The standard InChI is InChI=1S/C12H26N2O/c1-3-6-13-12(10-15)9-14-7-4-5-11(2)8-14/h11-13,15H,3-10H2,1-2H3. The van der Waals surface area contributed by atoms with Gasteiger partial charge < -0.3 is 15.3 Å². The van der Waals surface area contributed by atoms with Gasteiger partial charge in [-0.1, -0.05) is 13.8 Å². The SMILES string of the molecule is CCCNC(CO)CN1CCCC(C)C1. The highest BCUT2D eigenvalue weighted by molar-refractivity contribution is 4.76. The minimum Gasteiger partial charge on any atom is -0.395 e. The van der Waals surface area contributed by atoms with E-state index in [2.05, 4.69) is 24.1 Å². The van der Waals surface area contributed by atoms with Gasteiger partial charge in [-0.15, -0.1) is 0 Å². The molecule has 0 aromatic carbocycles. The Labute approximate surface area is 93.9 Å².